The number of hydrogen-bond donors (Lipinski definition) is 0. The van der Waals surface area contributed by atoms with E-state index in [0.29, 0.717) is 7.25 Å². The van der Waals surface area contributed by atoms with Gasteiger partial charge in [0, 0.05) is 0 Å². The van der Waals surface area contributed by atoms with Gasteiger partial charge in [-0.25, -0.2) is 0 Å². The standard InChI is InChI=1S/C48H58Si.2ClH.Zr/c1-11-13-17-37-31-35-19-15-21-41(33-23-27-39(28-24-33)47(3,4)5)43(35)45(37)49(9,10)46-38(18-14-12-2)32-36-20-16-22-42(44(36)46)34-25-29-40(30-26-34)48(6,7)8;;;/h15-16,19-32H,11-14,17-18H2,1-10H3;2*1H;/q;;;+2/p-2. The fraction of sp³-hybridized carbons (Fsp3) is 0.417. The van der Waals surface area contributed by atoms with Crippen LogP contribution in [0.4, 0.5) is 0 Å². The summed E-state index contributed by atoms with van der Waals surface area (Å²) in [6.07, 6.45) is 7.66. The predicted molar refractivity (Wildman–Crippen MR) is 217 cm³/mol. The molecule has 2 atom stereocenters. The van der Waals surface area contributed by atoms with E-state index in [2.05, 4.69) is 153 Å². The molecule has 1 heterocycles. The van der Waals surface area contributed by atoms with Crippen LogP contribution < -0.4 is 24.8 Å². The zero-order valence-corrected chi connectivity index (χ0v) is 38.2. The van der Waals surface area contributed by atoms with Crippen molar-refractivity contribution in [2.45, 2.75) is 125 Å². The fourth-order valence-electron chi connectivity index (χ4n) is 9.32. The zero-order chi connectivity index (χ0) is 35.6. The Kier molecular flexibility index (Phi) is 12.4. The molecule has 0 radical (unpaired) electrons. The van der Waals surface area contributed by atoms with Gasteiger partial charge in [0.05, 0.1) is 0 Å². The quantitative estimate of drug-likeness (QED) is 0.157. The largest absolute Gasteiger partial charge is 1.00 e. The molecule has 3 aliphatic rings. The number of fused-ring (bicyclic) bond motifs is 8. The van der Waals surface area contributed by atoms with Crippen molar-refractivity contribution in [1.29, 1.82) is 0 Å². The summed E-state index contributed by atoms with van der Waals surface area (Å²) in [7, 11) is -2.20. The molecular weight excluding hydrogens is 767 g/mol. The Balaban J connectivity index is 0.00000261. The molecule has 0 amide bonds. The van der Waals surface area contributed by atoms with Crippen molar-refractivity contribution in [3.63, 3.8) is 0 Å². The normalized spacial score (nSPS) is 18.3. The first-order valence-electron chi connectivity index (χ1n) is 19.5. The maximum absolute atomic E-state index is 2.75. The van der Waals surface area contributed by atoms with E-state index in [1.807, 2.05) is 21.5 Å². The van der Waals surface area contributed by atoms with Crippen LogP contribution in [-0.2, 0) is 34.1 Å². The number of halogens is 2. The molecule has 0 nitrogen and oxygen atoms in total. The number of unbranched alkanes of at least 4 members (excludes halogenated alkanes) is 2. The molecule has 2 aliphatic carbocycles. The van der Waals surface area contributed by atoms with Crippen LogP contribution in [0, 0.1) is 0 Å². The third-order valence-corrected chi connectivity index (χ3v) is 20.5. The summed E-state index contributed by atoms with van der Waals surface area (Å²) in [5, 5.41) is 3.63. The summed E-state index contributed by atoms with van der Waals surface area (Å²) in [6, 6.07) is 34.1. The molecule has 4 aromatic rings. The first kappa shape index (κ1) is 41.2. The molecule has 0 saturated carbocycles. The first-order valence-corrected chi connectivity index (χ1v) is 25.3. The van der Waals surface area contributed by atoms with Crippen molar-refractivity contribution in [3.05, 3.63) is 129 Å². The summed E-state index contributed by atoms with van der Waals surface area (Å²) >= 11 is -0.991. The van der Waals surface area contributed by atoms with E-state index >= 15 is 0 Å². The van der Waals surface area contributed by atoms with E-state index in [0.717, 1.165) is 0 Å². The summed E-state index contributed by atoms with van der Waals surface area (Å²) < 4.78 is 1.33. The molecule has 4 aromatic carbocycles. The smallest absolute Gasteiger partial charge is 1.00 e. The van der Waals surface area contributed by atoms with Crippen LogP contribution >= 0.6 is 0 Å². The third-order valence-electron chi connectivity index (χ3n) is 12.0. The first-order chi connectivity index (χ1) is 23.8. The van der Waals surface area contributed by atoms with E-state index in [1.54, 1.807) is 22.3 Å². The van der Waals surface area contributed by atoms with Crippen LogP contribution in [0.25, 0.3) is 32.6 Å². The van der Waals surface area contributed by atoms with Crippen LogP contribution in [0.1, 0.15) is 135 Å². The molecule has 4 heteroatoms. The molecule has 0 fully saturated rings. The summed E-state index contributed by atoms with van der Waals surface area (Å²) in [5.74, 6) is 0. The van der Waals surface area contributed by atoms with Gasteiger partial charge < -0.3 is 24.8 Å². The van der Waals surface area contributed by atoms with Crippen LogP contribution in [0.15, 0.2) is 96.1 Å². The Morgan fingerprint density at radius 1 is 0.538 bits per heavy atom. The number of benzene rings is 4. The zero-order valence-electron chi connectivity index (χ0n) is 33.2. The topological polar surface area (TPSA) is 0 Å². The second kappa shape index (κ2) is 15.6. The molecule has 7 rings (SSSR count). The minimum absolute atomic E-state index is 0. The van der Waals surface area contributed by atoms with Crippen LogP contribution in [0.3, 0.4) is 0 Å². The van der Waals surface area contributed by atoms with Gasteiger partial charge in [-0.2, -0.15) is 0 Å². The van der Waals surface area contributed by atoms with Crippen molar-refractivity contribution in [2.75, 3.05) is 0 Å². The molecule has 4 bridgehead atoms. The number of rotatable bonds is 8. The van der Waals surface area contributed by atoms with Gasteiger partial charge in [0.2, 0.25) is 0 Å². The number of allylic oxidation sites excluding steroid dienone is 2. The van der Waals surface area contributed by atoms with Gasteiger partial charge >= 0.3 is 319 Å². The van der Waals surface area contributed by atoms with E-state index < -0.39 is 31.3 Å². The van der Waals surface area contributed by atoms with Crippen molar-refractivity contribution in [1.82, 2.24) is 0 Å². The van der Waals surface area contributed by atoms with E-state index in [1.165, 1.54) is 71.9 Å². The Morgan fingerprint density at radius 2 is 0.904 bits per heavy atom. The molecule has 272 valence electrons. The van der Waals surface area contributed by atoms with Crippen molar-refractivity contribution in [2.24, 2.45) is 0 Å². The predicted octanol–water partition coefficient (Wildman–Crippen LogP) is 8.20. The van der Waals surface area contributed by atoms with Crippen molar-refractivity contribution >= 4 is 18.5 Å². The maximum Gasteiger partial charge on any atom is -1.00 e. The van der Waals surface area contributed by atoms with Gasteiger partial charge in [-0.3, -0.25) is 0 Å². The molecular formula is C48H58Cl2SiZr. The van der Waals surface area contributed by atoms with Crippen LogP contribution in [0.5, 0.6) is 0 Å². The van der Waals surface area contributed by atoms with Gasteiger partial charge in [0.15, 0.2) is 0 Å². The number of hydrogen-bond acceptors (Lipinski definition) is 0. The molecule has 1 aliphatic heterocycles. The van der Waals surface area contributed by atoms with Gasteiger partial charge in [-0.1, -0.05) is 0 Å². The molecule has 52 heavy (non-hydrogen) atoms. The third kappa shape index (κ3) is 7.14. The average Bonchev–Trinajstić information content (AvgIpc) is 3.59. The van der Waals surface area contributed by atoms with Crippen molar-refractivity contribution in [3.8, 4) is 22.3 Å². The Bertz CT molecular complexity index is 1840. The molecule has 0 N–H and O–H groups in total. The molecule has 0 spiro atoms. The Hall–Kier alpha value is -1.96. The second-order valence-electron chi connectivity index (χ2n) is 17.9. The Morgan fingerprint density at radius 3 is 1.23 bits per heavy atom. The van der Waals surface area contributed by atoms with Gasteiger partial charge in [0.25, 0.3) is 0 Å². The summed E-state index contributed by atoms with van der Waals surface area (Å²) in [6.45, 7) is 24.2. The Labute approximate surface area is 340 Å². The second-order valence-corrected chi connectivity index (χ2v) is 25.8. The minimum atomic E-state index is -2.20. The summed E-state index contributed by atoms with van der Waals surface area (Å²) in [4.78, 5) is 0. The molecule has 2 unspecified atom stereocenters. The summed E-state index contributed by atoms with van der Waals surface area (Å²) in [5.41, 5.74) is 19.3. The van der Waals surface area contributed by atoms with Gasteiger partial charge in [-0.15, -0.1) is 0 Å². The SMILES string of the molecule is CCCCC1=C2c3c(-c4ccc(C(C)(C)C)cc4)cccc3[CH]1[Zr+2][CH]1C(CCCC)=C(c3c(-c4ccc(C(C)(C)C)cc4)cccc31)[Si]2(C)C.[Cl-].[Cl-]. The van der Waals surface area contributed by atoms with Crippen molar-refractivity contribution < 1.29 is 48.0 Å². The van der Waals surface area contributed by atoms with Crippen LogP contribution in [-0.4, -0.2) is 8.07 Å². The van der Waals surface area contributed by atoms with E-state index in [-0.39, 0.29) is 35.6 Å². The van der Waals surface area contributed by atoms with Gasteiger partial charge in [-0.05, 0) is 0 Å². The minimum Gasteiger partial charge on any atom is -1.00 e. The van der Waals surface area contributed by atoms with Crippen LogP contribution in [0.2, 0.25) is 13.1 Å². The van der Waals surface area contributed by atoms with Gasteiger partial charge in [0.1, 0.15) is 0 Å². The van der Waals surface area contributed by atoms with E-state index in [4.69, 9.17) is 0 Å². The molecule has 0 saturated heterocycles. The fourth-order valence-corrected chi connectivity index (χ4v) is 19.5. The monoisotopic (exact) mass is 822 g/mol. The maximum atomic E-state index is 2.75. The average molecular weight is 825 g/mol. The van der Waals surface area contributed by atoms with E-state index in [9.17, 15) is 0 Å². The molecule has 0 aromatic heterocycles.